The molecular weight excluding hydrogens is 188 g/mol. The van der Waals surface area contributed by atoms with Crippen molar-refractivity contribution in [2.75, 3.05) is 0 Å². The Hall–Kier alpha value is -0.920. The minimum Gasteiger partial charge on any atom is -0.458 e. The molecule has 0 heterocycles. The van der Waals surface area contributed by atoms with Crippen LogP contribution < -0.4 is 0 Å². The van der Waals surface area contributed by atoms with E-state index >= 15 is 0 Å². The molecule has 15 heavy (non-hydrogen) atoms. The van der Waals surface area contributed by atoms with Gasteiger partial charge >= 0.3 is 0 Å². The molecule has 2 heteroatoms. The molecule has 0 spiro atoms. The minimum atomic E-state index is -0.608. The first kappa shape index (κ1) is 14.1. The second kappa shape index (κ2) is 5.24. The topological polar surface area (TPSA) is 18.5 Å². The molecule has 88 valence electrons. The van der Waals surface area contributed by atoms with Crippen LogP contribution >= 0.6 is 0 Å². The molecule has 0 aliphatic carbocycles. The van der Waals surface area contributed by atoms with Crippen LogP contribution in [-0.4, -0.2) is 5.79 Å². The first-order valence-electron chi connectivity index (χ1n) is 5.32. The van der Waals surface area contributed by atoms with Crippen molar-refractivity contribution in [2.24, 2.45) is 0 Å². The summed E-state index contributed by atoms with van der Waals surface area (Å²) in [5.41, 5.74) is 2.34. The van der Waals surface area contributed by atoms with Crippen LogP contribution in [0.15, 0.2) is 22.7 Å². The number of hydrogen-bond acceptors (Lipinski definition) is 2. The highest BCUT2D eigenvalue weighted by Gasteiger charge is 2.22. The smallest absolute Gasteiger partial charge is 0.244 e. The maximum Gasteiger partial charge on any atom is 0.244 e. The van der Waals surface area contributed by atoms with Crippen molar-refractivity contribution in [3.8, 4) is 0 Å². The normalized spacial score (nSPS) is 10.7. The zero-order valence-electron chi connectivity index (χ0n) is 11.3. The summed E-state index contributed by atoms with van der Waals surface area (Å²) in [4.78, 5) is 0. The Kier molecular flexibility index (Phi) is 4.92. The van der Waals surface area contributed by atoms with E-state index in [4.69, 9.17) is 9.47 Å². The van der Waals surface area contributed by atoms with Gasteiger partial charge in [-0.1, -0.05) is 0 Å². The van der Waals surface area contributed by atoms with Crippen LogP contribution in [0.1, 0.15) is 55.4 Å². The fourth-order valence-corrected chi connectivity index (χ4v) is 0.962. The zero-order chi connectivity index (χ0) is 12.2. The monoisotopic (exact) mass is 212 g/mol. The maximum atomic E-state index is 5.74. The molecule has 0 fully saturated rings. The Bertz CT molecular complexity index is 247. The van der Waals surface area contributed by atoms with E-state index in [1.165, 1.54) is 11.1 Å². The Morgan fingerprint density at radius 2 is 0.933 bits per heavy atom. The molecule has 0 aromatic carbocycles. The predicted octanol–water partition coefficient (Wildman–Crippen LogP) is 4.38. The maximum absolute atomic E-state index is 5.74. The molecule has 0 aliphatic rings. The van der Waals surface area contributed by atoms with E-state index in [0.717, 1.165) is 11.5 Å². The van der Waals surface area contributed by atoms with E-state index in [1.54, 1.807) is 0 Å². The van der Waals surface area contributed by atoms with Crippen LogP contribution in [0.3, 0.4) is 0 Å². The molecule has 0 aromatic heterocycles. The molecule has 0 radical (unpaired) electrons. The highest BCUT2D eigenvalue weighted by Crippen LogP contribution is 2.22. The molecule has 0 unspecified atom stereocenters. The predicted molar refractivity (Wildman–Crippen MR) is 64.3 cm³/mol. The summed E-state index contributed by atoms with van der Waals surface area (Å²) in [6.45, 7) is 15.9. The Balaban J connectivity index is 4.59. The Labute approximate surface area is 94.0 Å². The summed E-state index contributed by atoms with van der Waals surface area (Å²) in [6.07, 6.45) is 0. The van der Waals surface area contributed by atoms with Gasteiger partial charge in [0.2, 0.25) is 5.79 Å². The van der Waals surface area contributed by atoms with Crippen molar-refractivity contribution in [3.63, 3.8) is 0 Å². The summed E-state index contributed by atoms with van der Waals surface area (Å²) in [5.74, 6) is 1.23. The third-order valence-electron chi connectivity index (χ3n) is 2.21. The van der Waals surface area contributed by atoms with Gasteiger partial charge in [-0.3, -0.25) is 0 Å². The van der Waals surface area contributed by atoms with Crippen molar-refractivity contribution in [1.82, 2.24) is 0 Å². The fourth-order valence-electron chi connectivity index (χ4n) is 0.962. The SMILES string of the molecule is CC(C)=C(C)OC(C)(C)OC(C)=C(C)C. The van der Waals surface area contributed by atoms with Crippen LogP contribution in [0.2, 0.25) is 0 Å². The van der Waals surface area contributed by atoms with Gasteiger partial charge in [0.15, 0.2) is 0 Å². The molecule has 0 N–H and O–H groups in total. The summed E-state index contributed by atoms with van der Waals surface area (Å²) >= 11 is 0. The average Bonchev–Trinajstić information content (AvgIpc) is 2.01. The average molecular weight is 212 g/mol. The van der Waals surface area contributed by atoms with Crippen LogP contribution in [0.5, 0.6) is 0 Å². The summed E-state index contributed by atoms with van der Waals surface area (Å²) in [6, 6.07) is 0. The van der Waals surface area contributed by atoms with Gasteiger partial charge in [0.05, 0.1) is 11.5 Å². The second-order valence-corrected chi connectivity index (χ2v) is 4.72. The van der Waals surface area contributed by atoms with E-state index < -0.39 is 5.79 Å². The standard InChI is InChI=1S/C13H24O2/c1-9(2)11(5)14-13(7,8)15-12(6)10(3)4/h1-8H3. The third kappa shape index (κ3) is 5.50. The van der Waals surface area contributed by atoms with E-state index in [1.807, 2.05) is 55.4 Å². The Morgan fingerprint density at radius 1 is 0.667 bits per heavy atom. The van der Waals surface area contributed by atoms with Crippen molar-refractivity contribution in [3.05, 3.63) is 22.7 Å². The van der Waals surface area contributed by atoms with Gasteiger partial charge < -0.3 is 9.47 Å². The van der Waals surface area contributed by atoms with Crippen LogP contribution in [-0.2, 0) is 9.47 Å². The lowest BCUT2D eigenvalue weighted by Gasteiger charge is -2.29. The van der Waals surface area contributed by atoms with E-state index in [9.17, 15) is 0 Å². The highest BCUT2D eigenvalue weighted by molar-refractivity contribution is 5.02. The van der Waals surface area contributed by atoms with Crippen molar-refractivity contribution in [1.29, 1.82) is 0 Å². The van der Waals surface area contributed by atoms with Crippen LogP contribution in [0.25, 0.3) is 0 Å². The quantitative estimate of drug-likeness (QED) is 0.508. The van der Waals surface area contributed by atoms with Crippen molar-refractivity contribution < 1.29 is 9.47 Å². The van der Waals surface area contributed by atoms with Gasteiger partial charge in [0.1, 0.15) is 0 Å². The lowest BCUT2D eigenvalue weighted by Crippen LogP contribution is -2.27. The molecule has 0 amide bonds. The lowest BCUT2D eigenvalue weighted by atomic mass is 10.3. The van der Waals surface area contributed by atoms with Gasteiger partial charge in [-0.05, 0) is 52.7 Å². The number of rotatable bonds is 4. The molecule has 0 rings (SSSR count). The summed E-state index contributed by atoms with van der Waals surface area (Å²) < 4.78 is 11.5. The minimum absolute atomic E-state index is 0.608. The first-order chi connectivity index (χ1) is 6.65. The zero-order valence-corrected chi connectivity index (χ0v) is 11.3. The van der Waals surface area contributed by atoms with Crippen LogP contribution in [0.4, 0.5) is 0 Å². The third-order valence-corrected chi connectivity index (χ3v) is 2.21. The number of allylic oxidation sites excluding steroid dienone is 4. The highest BCUT2D eigenvalue weighted by atomic mass is 16.7. The molecule has 0 aromatic rings. The van der Waals surface area contributed by atoms with E-state index in [0.29, 0.717) is 0 Å². The largest absolute Gasteiger partial charge is 0.458 e. The molecule has 2 nitrogen and oxygen atoms in total. The lowest BCUT2D eigenvalue weighted by molar-refractivity contribution is -0.164. The molecule has 0 saturated heterocycles. The van der Waals surface area contributed by atoms with Crippen molar-refractivity contribution in [2.45, 2.75) is 61.2 Å². The van der Waals surface area contributed by atoms with Crippen molar-refractivity contribution >= 4 is 0 Å². The summed E-state index contributed by atoms with van der Waals surface area (Å²) in [7, 11) is 0. The van der Waals surface area contributed by atoms with Gasteiger partial charge in [-0.15, -0.1) is 0 Å². The molecule has 0 bridgehead atoms. The molecule has 0 aliphatic heterocycles. The van der Waals surface area contributed by atoms with Gasteiger partial charge in [-0.25, -0.2) is 0 Å². The molecular formula is C13H24O2. The Morgan fingerprint density at radius 3 is 1.13 bits per heavy atom. The van der Waals surface area contributed by atoms with Gasteiger partial charge in [0.25, 0.3) is 0 Å². The van der Waals surface area contributed by atoms with Crippen LogP contribution in [0, 0.1) is 0 Å². The van der Waals surface area contributed by atoms with Gasteiger partial charge in [-0.2, -0.15) is 0 Å². The van der Waals surface area contributed by atoms with E-state index in [-0.39, 0.29) is 0 Å². The second-order valence-electron chi connectivity index (χ2n) is 4.72. The molecule has 0 saturated carbocycles. The van der Waals surface area contributed by atoms with E-state index in [2.05, 4.69) is 0 Å². The molecule has 0 atom stereocenters. The number of ether oxygens (including phenoxy) is 2. The fraction of sp³-hybridized carbons (Fsp3) is 0.692. The number of hydrogen-bond donors (Lipinski definition) is 0. The first-order valence-corrected chi connectivity index (χ1v) is 5.32. The van der Waals surface area contributed by atoms with Gasteiger partial charge in [0, 0.05) is 13.8 Å². The summed E-state index contributed by atoms with van der Waals surface area (Å²) in [5, 5.41) is 0.